The van der Waals surface area contributed by atoms with Crippen LogP contribution in [0.1, 0.15) is 42.0 Å². The standard InChI is InChI=1S/C23H29N3O2/c1-17-11-12-18(2)20(16-17)25-23(28)22(19-8-4-3-5-9-19)24-13-7-15-26-14-6-10-21(26)27/h3-5,8-9,11-12,16,22,24H,6-7,10,13-15H2,1-2H3,(H,25,28)/p+1/t22-/m1/s1. The minimum atomic E-state index is -0.310. The lowest BCUT2D eigenvalue weighted by Gasteiger charge is -2.19. The van der Waals surface area contributed by atoms with Crippen LogP contribution in [0.3, 0.4) is 0 Å². The molecule has 3 rings (SSSR count). The first-order valence-electron chi connectivity index (χ1n) is 10.1. The third-order valence-corrected chi connectivity index (χ3v) is 5.30. The zero-order chi connectivity index (χ0) is 19.9. The molecule has 3 N–H and O–H groups in total. The number of nitrogens with one attached hydrogen (secondary N) is 1. The molecule has 2 aromatic rings. The Hall–Kier alpha value is -2.66. The Morgan fingerprint density at radius 2 is 1.96 bits per heavy atom. The van der Waals surface area contributed by atoms with Gasteiger partial charge in [-0.3, -0.25) is 9.59 Å². The number of carbonyl (C=O) groups excluding carboxylic acids is 2. The molecule has 5 heteroatoms. The van der Waals surface area contributed by atoms with Gasteiger partial charge in [0.1, 0.15) is 0 Å². The van der Waals surface area contributed by atoms with Crippen LogP contribution in [0.15, 0.2) is 48.5 Å². The normalized spacial score (nSPS) is 14.9. The number of benzene rings is 2. The molecule has 0 spiro atoms. The number of rotatable bonds is 8. The molecular weight excluding hydrogens is 350 g/mol. The Kier molecular flexibility index (Phi) is 6.82. The quantitative estimate of drug-likeness (QED) is 0.691. The van der Waals surface area contributed by atoms with Crippen molar-refractivity contribution in [2.45, 2.75) is 39.2 Å². The number of hydrogen-bond acceptors (Lipinski definition) is 2. The minimum absolute atomic E-state index is 0.0165. The molecule has 2 amide bonds. The van der Waals surface area contributed by atoms with Gasteiger partial charge in [-0.05, 0) is 37.5 Å². The van der Waals surface area contributed by atoms with E-state index < -0.39 is 0 Å². The van der Waals surface area contributed by atoms with E-state index in [1.165, 1.54) is 0 Å². The highest BCUT2D eigenvalue weighted by atomic mass is 16.2. The summed E-state index contributed by atoms with van der Waals surface area (Å²) in [6, 6.07) is 15.6. The number of carbonyl (C=O) groups is 2. The number of nitrogens with two attached hydrogens (primary N) is 1. The van der Waals surface area contributed by atoms with Crippen LogP contribution in [-0.2, 0) is 9.59 Å². The summed E-state index contributed by atoms with van der Waals surface area (Å²) < 4.78 is 0. The van der Waals surface area contributed by atoms with E-state index in [2.05, 4.69) is 10.6 Å². The molecule has 28 heavy (non-hydrogen) atoms. The number of aryl methyl sites for hydroxylation is 2. The third-order valence-electron chi connectivity index (χ3n) is 5.30. The van der Waals surface area contributed by atoms with E-state index >= 15 is 0 Å². The summed E-state index contributed by atoms with van der Waals surface area (Å²) in [5, 5.41) is 5.18. The second-order valence-electron chi connectivity index (χ2n) is 7.56. The predicted molar refractivity (Wildman–Crippen MR) is 111 cm³/mol. The van der Waals surface area contributed by atoms with Crippen molar-refractivity contribution in [3.8, 4) is 0 Å². The molecule has 1 fully saturated rings. The van der Waals surface area contributed by atoms with Crippen LogP contribution in [0.2, 0.25) is 0 Å². The molecule has 0 aliphatic carbocycles. The molecule has 1 atom stereocenters. The maximum Gasteiger partial charge on any atom is 0.287 e. The Morgan fingerprint density at radius 3 is 2.68 bits per heavy atom. The van der Waals surface area contributed by atoms with Crippen LogP contribution >= 0.6 is 0 Å². The summed E-state index contributed by atoms with van der Waals surface area (Å²) in [5.41, 5.74) is 4.03. The van der Waals surface area contributed by atoms with Crippen molar-refractivity contribution in [2.75, 3.05) is 25.0 Å². The molecule has 0 saturated carbocycles. The Labute approximate surface area is 167 Å². The molecule has 2 aromatic carbocycles. The largest absolute Gasteiger partial charge is 0.342 e. The highest BCUT2D eigenvalue weighted by molar-refractivity contribution is 5.95. The molecule has 148 valence electrons. The van der Waals surface area contributed by atoms with Gasteiger partial charge >= 0.3 is 0 Å². The molecule has 0 unspecified atom stereocenters. The maximum absolute atomic E-state index is 13.1. The van der Waals surface area contributed by atoms with Crippen molar-refractivity contribution in [2.24, 2.45) is 0 Å². The van der Waals surface area contributed by atoms with Crippen molar-refractivity contribution in [1.29, 1.82) is 0 Å². The van der Waals surface area contributed by atoms with Gasteiger partial charge in [-0.2, -0.15) is 0 Å². The first-order chi connectivity index (χ1) is 13.5. The van der Waals surface area contributed by atoms with Crippen molar-refractivity contribution < 1.29 is 14.9 Å². The first-order valence-corrected chi connectivity index (χ1v) is 10.1. The lowest BCUT2D eigenvalue weighted by Crippen LogP contribution is -2.87. The Bertz CT molecular complexity index is 820. The van der Waals surface area contributed by atoms with Crippen molar-refractivity contribution >= 4 is 17.5 Å². The fourth-order valence-electron chi connectivity index (χ4n) is 3.64. The SMILES string of the molecule is Cc1ccc(C)c(NC(=O)[C@H]([NH2+]CCCN2CCCC2=O)c2ccccc2)c1. The summed E-state index contributed by atoms with van der Waals surface area (Å²) in [5.74, 6) is 0.240. The average molecular weight is 381 g/mol. The highest BCUT2D eigenvalue weighted by Crippen LogP contribution is 2.18. The van der Waals surface area contributed by atoms with E-state index in [9.17, 15) is 9.59 Å². The van der Waals surface area contributed by atoms with E-state index in [0.717, 1.165) is 54.9 Å². The molecule has 1 saturated heterocycles. The fourth-order valence-corrected chi connectivity index (χ4v) is 3.64. The van der Waals surface area contributed by atoms with Crippen LogP contribution in [0, 0.1) is 13.8 Å². The van der Waals surface area contributed by atoms with Gasteiger partial charge in [0.15, 0.2) is 6.04 Å². The Morgan fingerprint density at radius 1 is 1.18 bits per heavy atom. The van der Waals surface area contributed by atoms with Gasteiger partial charge in [0, 0.05) is 37.2 Å². The van der Waals surface area contributed by atoms with Crippen molar-refractivity contribution in [3.05, 3.63) is 65.2 Å². The monoisotopic (exact) mass is 380 g/mol. The molecule has 0 bridgehead atoms. The average Bonchev–Trinajstić information content (AvgIpc) is 3.10. The van der Waals surface area contributed by atoms with Gasteiger partial charge < -0.3 is 15.5 Å². The van der Waals surface area contributed by atoms with E-state index in [4.69, 9.17) is 0 Å². The van der Waals surface area contributed by atoms with Crippen molar-refractivity contribution in [3.63, 3.8) is 0 Å². The number of quaternary nitrogens is 1. The van der Waals surface area contributed by atoms with Crippen LogP contribution in [0.5, 0.6) is 0 Å². The van der Waals surface area contributed by atoms with Crippen molar-refractivity contribution in [1.82, 2.24) is 4.90 Å². The topological polar surface area (TPSA) is 66.0 Å². The summed E-state index contributed by atoms with van der Waals surface area (Å²) in [4.78, 5) is 26.8. The predicted octanol–water partition coefficient (Wildman–Crippen LogP) is 2.56. The number of anilines is 1. The highest BCUT2D eigenvalue weighted by Gasteiger charge is 2.25. The molecule has 0 radical (unpaired) electrons. The first kappa shape index (κ1) is 20.1. The van der Waals surface area contributed by atoms with E-state index in [-0.39, 0.29) is 17.9 Å². The third kappa shape index (κ3) is 5.20. The van der Waals surface area contributed by atoms with Gasteiger partial charge in [-0.25, -0.2) is 0 Å². The summed E-state index contributed by atoms with van der Waals surface area (Å²) in [6.07, 6.45) is 2.52. The summed E-state index contributed by atoms with van der Waals surface area (Å²) >= 11 is 0. The number of likely N-dealkylation sites (tertiary alicyclic amines) is 1. The van der Waals surface area contributed by atoms with Crippen LogP contribution < -0.4 is 10.6 Å². The molecule has 1 aliphatic rings. The molecule has 5 nitrogen and oxygen atoms in total. The lowest BCUT2D eigenvalue weighted by molar-refractivity contribution is -0.682. The molecular formula is C23H30N3O2+. The molecule has 1 heterocycles. The number of hydrogen-bond donors (Lipinski definition) is 2. The van der Waals surface area contributed by atoms with Gasteiger partial charge in [-0.1, -0.05) is 42.5 Å². The van der Waals surface area contributed by atoms with E-state index in [0.29, 0.717) is 6.42 Å². The van der Waals surface area contributed by atoms with Gasteiger partial charge in [0.2, 0.25) is 5.91 Å². The number of amides is 2. The van der Waals surface area contributed by atoms with Crippen LogP contribution in [0.25, 0.3) is 0 Å². The molecule has 0 aromatic heterocycles. The smallest absolute Gasteiger partial charge is 0.287 e. The van der Waals surface area contributed by atoms with E-state index in [1.54, 1.807) is 0 Å². The van der Waals surface area contributed by atoms with Gasteiger partial charge in [0.25, 0.3) is 5.91 Å². The van der Waals surface area contributed by atoms with Gasteiger partial charge in [0.05, 0.1) is 6.54 Å². The fraction of sp³-hybridized carbons (Fsp3) is 0.391. The Balaban J connectivity index is 1.64. The second kappa shape index (κ2) is 9.51. The summed E-state index contributed by atoms with van der Waals surface area (Å²) in [7, 11) is 0. The zero-order valence-corrected chi connectivity index (χ0v) is 16.8. The summed E-state index contributed by atoms with van der Waals surface area (Å²) in [6.45, 7) is 6.46. The number of nitrogens with zero attached hydrogens (tertiary/aromatic N) is 1. The van der Waals surface area contributed by atoms with Gasteiger partial charge in [-0.15, -0.1) is 0 Å². The lowest BCUT2D eigenvalue weighted by atomic mass is 10.0. The molecule has 1 aliphatic heterocycles. The van der Waals surface area contributed by atoms with Crippen LogP contribution in [0.4, 0.5) is 5.69 Å². The zero-order valence-electron chi connectivity index (χ0n) is 16.8. The maximum atomic E-state index is 13.1. The second-order valence-corrected chi connectivity index (χ2v) is 7.56. The van der Waals surface area contributed by atoms with E-state index in [1.807, 2.05) is 67.3 Å². The minimum Gasteiger partial charge on any atom is -0.342 e. The van der Waals surface area contributed by atoms with Crippen LogP contribution in [-0.4, -0.2) is 36.3 Å².